The predicted octanol–water partition coefficient (Wildman–Crippen LogP) is 1.35. The average Bonchev–Trinajstić information content (AvgIpc) is 2.18. The van der Waals surface area contributed by atoms with Gasteiger partial charge in [-0.25, -0.2) is 0 Å². The third-order valence-corrected chi connectivity index (χ3v) is 2.19. The maximum absolute atomic E-state index is 5.76. The summed E-state index contributed by atoms with van der Waals surface area (Å²) in [5, 5.41) is 0. The Morgan fingerprint density at radius 3 is 2.93 bits per heavy atom. The molecule has 1 aromatic rings. The lowest BCUT2D eigenvalue weighted by atomic mass is 10.1. The summed E-state index contributed by atoms with van der Waals surface area (Å²) in [5.41, 5.74) is 6.90. The topological polar surface area (TPSA) is 44.5 Å². The van der Waals surface area contributed by atoms with Crippen molar-refractivity contribution in [3.05, 3.63) is 23.8 Å². The molecule has 0 unspecified atom stereocenters. The molecule has 1 atom stereocenters. The van der Waals surface area contributed by atoms with Crippen LogP contribution in [0.25, 0.3) is 0 Å². The molecular formula is C11H15NO2. The number of hydrogen-bond acceptors (Lipinski definition) is 3. The molecule has 76 valence electrons. The highest BCUT2D eigenvalue weighted by molar-refractivity contribution is 5.47. The van der Waals surface area contributed by atoms with Gasteiger partial charge in [-0.3, -0.25) is 0 Å². The fourth-order valence-electron chi connectivity index (χ4n) is 1.64. The Morgan fingerprint density at radius 2 is 2.14 bits per heavy atom. The average molecular weight is 193 g/mol. The number of ether oxygens (including phenoxy) is 2. The van der Waals surface area contributed by atoms with Gasteiger partial charge in [0.05, 0.1) is 0 Å². The van der Waals surface area contributed by atoms with Crippen molar-refractivity contribution in [1.82, 2.24) is 0 Å². The molecule has 0 bridgehead atoms. The molecule has 0 saturated carbocycles. The summed E-state index contributed by atoms with van der Waals surface area (Å²) in [6.07, 6.45) is 0.826. The second-order valence-electron chi connectivity index (χ2n) is 3.62. The summed E-state index contributed by atoms with van der Waals surface area (Å²) < 4.78 is 11.1. The molecule has 0 aromatic heterocycles. The molecule has 0 aliphatic carbocycles. The van der Waals surface area contributed by atoms with Crippen LogP contribution in [0.15, 0.2) is 18.2 Å². The van der Waals surface area contributed by atoms with Crippen LogP contribution in [0.2, 0.25) is 0 Å². The normalized spacial score (nSPS) is 16.4. The molecule has 1 heterocycles. The Hall–Kier alpha value is -1.22. The van der Waals surface area contributed by atoms with E-state index in [9.17, 15) is 0 Å². The minimum atomic E-state index is 0.145. The zero-order valence-corrected chi connectivity index (χ0v) is 8.32. The minimum Gasteiger partial charge on any atom is -0.486 e. The molecule has 3 nitrogen and oxygen atoms in total. The van der Waals surface area contributed by atoms with E-state index < -0.39 is 0 Å². The van der Waals surface area contributed by atoms with Crippen molar-refractivity contribution < 1.29 is 9.47 Å². The van der Waals surface area contributed by atoms with Crippen LogP contribution in [-0.2, 0) is 6.42 Å². The van der Waals surface area contributed by atoms with Gasteiger partial charge in [0.1, 0.15) is 13.2 Å². The first-order valence-electron chi connectivity index (χ1n) is 4.90. The van der Waals surface area contributed by atoms with Crippen LogP contribution in [-0.4, -0.2) is 19.3 Å². The van der Waals surface area contributed by atoms with E-state index in [-0.39, 0.29) is 6.04 Å². The molecular weight excluding hydrogens is 178 g/mol. The van der Waals surface area contributed by atoms with Gasteiger partial charge < -0.3 is 15.2 Å². The van der Waals surface area contributed by atoms with Gasteiger partial charge >= 0.3 is 0 Å². The highest BCUT2D eigenvalue weighted by Gasteiger charge is 2.15. The van der Waals surface area contributed by atoms with E-state index in [1.54, 1.807) is 0 Å². The highest BCUT2D eigenvalue weighted by atomic mass is 16.6. The van der Waals surface area contributed by atoms with Gasteiger partial charge in [-0.2, -0.15) is 0 Å². The van der Waals surface area contributed by atoms with Crippen molar-refractivity contribution in [2.45, 2.75) is 19.4 Å². The van der Waals surface area contributed by atoms with E-state index in [4.69, 9.17) is 15.2 Å². The van der Waals surface area contributed by atoms with Gasteiger partial charge in [0.25, 0.3) is 0 Å². The summed E-state index contributed by atoms with van der Waals surface area (Å²) in [7, 11) is 0. The number of hydrogen-bond donors (Lipinski definition) is 1. The Kier molecular flexibility index (Phi) is 2.59. The van der Waals surface area contributed by atoms with Gasteiger partial charge in [0, 0.05) is 6.04 Å². The third-order valence-electron chi connectivity index (χ3n) is 2.19. The third kappa shape index (κ3) is 1.82. The van der Waals surface area contributed by atoms with Crippen molar-refractivity contribution in [3.8, 4) is 11.5 Å². The zero-order chi connectivity index (χ0) is 9.97. The quantitative estimate of drug-likeness (QED) is 0.771. The Bertz CT molecular complexity index is 323. The van der Waals surface area contributed by atoms with Crippen LogP contribution in [0.1, 0.15) is 12.5 Å². The van der Waals surface area contributed by atoms with E-state index in [1.807, 2.05) is 25.1 Å². The lowest BCUT2D eigenvalue weighted by Crippen LogP contribution is -2.21. The fourth-order valence-corrected chi connectivity index (χ4v) is 1.64. The summed E-state index contributed by atoms with van der Waals surface area (Å²) >= 11 is 0. The molecule has 14 heavy (non-hydrogen) atoms. The highest BCUT2D eigenvalue weighted by Crippen LogP contribution is 2.33. The molecule has 2 N–H and O–H groups in total. The van der Waals surface area contributed by atoms with E-state index in [0.29, 0.717) is 13.2 Å². The molecule has 0 radical (unpaired) electrons. The molecule has 0 saturated heterocycles. The first-order valence-corrected chi connectivity index (χ1v) is 4.90. The van der Waals surface area contributed by atoms with Crippen LogP contribution in [0.4, 0.5) is 0 Å². The van der Waals surface area contributed by atoms with E-state index in [0.717, 1.165) is 23.5 Å². The first kappa shape index (κ1) is 9.34. The summed E-state index contributed by atoms with van der Waals surface area (Å²) in [4.78, 5) is 0. The largest absolute Gasteiger partial charge is 0.486 e. The number of nitrogens with two attached hydrogens (primary N) is 1. The maximum Gasteiger partial charge on any atom is 0.164 e. The standard InChI is InChI=1S/C11H15NO2/c1-8(12)7-9-3-2-4-10-11(9)14-6-5-13-10/h2-4,8H,5-7,12H2,1H3/t8-/m1/s1. The summed E-state index contributed by atoms with van der Waals surface area (Å²) in [6.45, 7) is 3.25. The first-order chi connectivity index (χ1) is 6.77. The molecule has 0 amide bonds. The minimum absolute atomic E-state index is 0.145. The lowest BCUT2D eigenvalue weighted by molar-refractivity contribution is 0.170. The molecule has 2 rings (SSSR count). The Labute approximate surface area is 83.8 Å². The number of para-hydroxylation sites is 1. The SMILES string of the molecule is C[C@@H](N)Cc1cccc2c1OCCO2. The summed E-state index contributed by atoms with van der Waals surface area (Å²) in [6, 6.07) is 6.09. The van der Waals surface area contributed by atoms with Gasteiger partial charge in [-0.1, -0.05) is 12.1 Å². The van der Waals surface area contributed by atoms with Gasteiger partial charge in [-0.05, 0) is 25.0 Å². The van der Waals surface area contributed by atoms with Crippen molar-refractivity contribution >= 4 is 0 Å². The lowest BCUT2D eigenvalue weighted by Gasteiger charge is -2.21. The van der Waals surface area contributed by atoms with Gasteiger partial charge in [0.2, 0.25) is 0 Å². The molecule has 1 aromatic carbocycles. The predicted molar refractivity (Wildman–Crippen MR) is 54.8 cm³/mol. The van der Waals surface area contributed by atoms with E-state index in [1.165, 1.54) is 0 Å². The van der Waals surface area contributed by atoms with Crippen LogP contribution in [0.5, 0.6) is 11.5 Å². The Morgan fingerprint density at radius 1 is 1.36 bits per heavy atom. The van der Waals surface area contributed by atoms with Crippen LogP contribution in [0.3, 0.4) is 0 Å². The smallest absolute Gasteiger partial charge is 0.164 e. The Balaban J connectivity index is 2.30. The number of fused-ring (bicyclic) bond motifs is 1. The van der Waals surface area contributed by atoms with Gasteiger partial charge in [0.15, 0.2) is 11.5 Å². The second kappa shape index (κ2) is 3.88. The number of rotatable bonds is 2. The maximum atomic E-state index is 5.76. The molecule has 0 spiro atoms. The van der Waals surface area contributed by atoms with Crippen molar-refractivity contribution in [1.29, 1.82) is 0 Å². The number of benzene rings is 1. The summed E-state index contributed by atoms with van der Waals surface area (Å²) in [5.74, 6) is 1.71. The van der Waals surface area contributed by atoms with E-state index >= 15 is 0 Å². The van der Waals surface area contributed by atoms with Gasteiger partial charge in [-0.15, -0.1) is 0 Å². The fraction of sp³-hybridized carbons (Fsp3) is 0.455. The molecule has 1 aliphatic heterocycles. The molecule has 1 aliphatic rings. The zero-order valence-electron chi connectivity index (χ0n) is 8.32. The van der Waals surface area contributed by atoms with Crippen molar-refractivity contribution in [2.75, 3.05) is 13.2 Å². The van der Waals surface area contributed by atoms with E-state index in [2.05, 4.69) is 0 Å². The molecule has 3 heteroatoms. The van der Waals surface area contributed by atoms with Crippen LogP contribution in [0, 0.1) is 0 Å². The monoisotopic (exact) mass is 193 g/mol. The second-order valence-corrected chi connectivity index (χ2v) is 3.62. The van der Waals surface area contributed by atoms with Crippen LogP contribution >= 0.6 is 0 Å². The van der Waals surface area contributed by atoms with Crippen molar-refractivity contribution in [2.24, 2.45) is 5.73 Å². The molecule has 0 fully saturated rings. The van der Waals surface area contributed by atoms with Crippen LogP contribution < -0.4 is 15.2 Å². The van der Waals surface area contributed by atoms with Crippen molar-refractivity contribution in [3.63, 3.8) is 0 Å².